The quantitative estimate of drug-likeness (QED) is 0.657. The van der Waals surface area contributed by atoms with Crippen LogP contribution in [0.1, 0.15) is 31.2 Å². The molecular formula is C20H33Cl2N3O3. The minimum absolute atomic E-state index is 0. The van der Waals surface area contributed by atoms with E-state index in [0.29, 0.717) is 19.8 Å². The van der Waals surface area contributed by atoms with Gasteiger partial charge in [-0.2, -0.15) is 0 Å². The monoisotopic (exact) mass is 433 g/mol. The van der Waals surface area contributed by atoms with Crippen molar-refractivity contribution in [2.75, 3.05) is 39.5 Å². The minimum atomic E-state index is -0.452. The zero-order valence-electron chi connectivity index (χ0n) is 16.3. The molecule has 2 saturated heterocycles. The summed E-state index contributed by atoms with van der Waals surface area (Å²) in [7, 11) is 0. The molecule has 0 saturated carbocycles. The fourth-order valence-electron chi connectivity index (χ4n) is 3.60. The van der Waals surface area contributed by atoms with E-state index >= 15 is 0 Å². The van der Waals surface area contributed by atoms with Crippen LogP contribution in [0.5, 0.6) is 5.75 Å². The van der Waals surface area contributed by atoms with Crippen LogP contribution in [0.4, 0.5) is 0 Å². The molecule has 6 nitrogen and oxygen atoms in total. The number of carbonyl (C=O) groups excluding carboxylic acids is 1. The lowest BCUT2D eigenvalue weighted by molar-refractivity contribution is -0.124. The fourth-order valence-corrected chi connectivity index (χ4v) is 3.60. The zero-order valence-corrected chi connectivity index (χ0v) is 17.9. The van der Waals surface area contributed by atoms with Gasteiger partial charge < -0.3 is 20.5 Å². The predicted octanol–water partition coefficient (Wildman–Crippen LogP) is 2.37. The van der Waals surface area contributed by atoms with Gasteiger partial charge >= 0.3 is 0 Å². The molecule has 3 N–H and O–H groups in total. The van der Waals surface area contributed by atoms with Crippen molar-refractivity contribution in [1.29, 1.82) is 0 Å². The van der Waals surface area contributed by atoms with Gasteiger partial charge in [0.2, 0.25) is 5.91 Å². The molecule has 2 aliphatic rings. The maximum atomic E-state index is 12.2. The fraction of sp³-hybridized carbons (Fsp3) is 0.650. The second-order valence-electron chi connectivity index (χ2n) is 7.23. The second kappa shape index (κ2) is 13.2. The molecule has 8 heteroatoms. The van der Waals surface area contributed by atoms with Gasteiger partial charge in [-0.15, -0.1) is 24.8 Å². The summed E-state index contributed by atoms with van der Waals surface area (Å²) in [4.78, 5) is 14.7. The van der Waals surface area contributed by atoms with Gasteiger partial charge in [0.15, 0.2) is 0 Å². The van der Waals surface area contributed by atoms with Crippen molar-refractivity contribution in [3.63, 3.8) is 0 Å². The van der Waals surface area contributed by atoms with E-state index in [2.05, 4.69) is 10.2 Å². The Balaban J connectivity index is 0.00000196. The third-order valence-electron chi connectivity index (χ3n) is 5.34. The summed E-state index contributed by atoms with van der Waals surface area (Å²) in [6.45, 7) is 5.98. The molecule has 1 aromatic rings. The topological polar surface area (TPSA) is 76.8 Å². The van der Waals surface area contributed by atoms with Crippen LogP contribution < -0.4 is 15.8 Å². The van der Waals surface area contributed by atoms with E-state index < -0.39 is 6.04 Å². The Kier molecular flexibility index (Phi) is 11.8. The van der Waals surface area contributed by atoms with Crippen molar-refractivity contribution < 1.29 is 14.3 Å². The molecular weight excluding hydrogens is 401 g/mol. The Hall–Kier alpha value is -1.05. The molecule has 1 aromatic carbocycles. The molecule has 1 unspecified atom stereocenters. The van der Waals surface area contributed by atoms with Crippen LogP contribution in [0.2, 0.25) is 0 Å². The molecule has 2 aliphatic heterocycles. The number of nitrogens with one attached hydrogen (secondary N) is 1. The highest BCUT2D eigenvalue weighted by Gasteiger charge is 2.26. The van der Waals surface area contributed by atoms with Crippen LogP contribution in [-0.2, 0) is 16.1 Å². The lowest BCUT2D eigenvalue weighted by Gasteiger charge is -2.26. The van der Waals surface area contributed by atoms with Crippen molar-refractivity contribution in [2.45, 2.75) is 38.3 Å². The van der Waals surface area contributed by atoms with Gasteiger partial charge in [-0.05, 0) is 62.4 Å². The molecule has 28 heavy (non-hydrogen) atoms. The van der Waals surface area contributed by atoms with E-state index in [1.807, 2.05) is 24.3 Å². The normalized spacial score (nSPS) is 18.6. The Morgan fingerprint density at radius 2 is 1.82 bits per heavy atom. The van der Waals surface area contributed by atoms with E-state index in [-0.39, 0.29) is 36.6 Å². The average molecular weight is 434 g/mol. The number of rotatable bonds is 8. The molecule has 0 bridgehead atoms. The molecule has 3 rings (SSSR count). The summed E-state index contributed by atoms with van der Waals surface area (Å²) < 4.78 is 11.1. The number of nitrogens with zero attached hydrogens (tertiary/aromatic N) is 1. The Morgan fingerprint density at radius 3 is 2.46 bits per heavy atom. The van der Waals surface area contributed by atoms with Crippen LogP contribution in [0.15, 0.2) is 24.3 Å². The van der Waals surface area contributed by atoms with E-state index in [4.69, 9.17) is 15.2 Å². The largest absolute Gasteiger partial charge is 0.492 e. The SMILES string of the molecule is Cl.Cl.NC(C(=O)NCc1ccc(OCCN2CCCC2)cc1)C1CCOCC1. The van der Waals surface area contributed by atoms with Crippen LogP contribution in [0, 0.1) is 5.92 Å². The number of carbonyl (C=O) groups is 1. The summed E-state index contributed by atoms with van der Waals surface area (Å²) in [6.07, 6.45) is 4.33. The highest BCUT2D eigenvalue weighted by atomic mass is 35.5. The van der Waals surface area contributed by atoms with Crippen molar-refractivity contribution in [3.8, 4) is 5.75 Å². The number of benzene rings is 1. The summed E-state index contributed by atoms with van der Waals surface area (Å²) in [6, 6.07) is 7.46. The van der Waals surface area contributed by atoms with Gasteiger partial charge in [0.1, 0.15) is 12.4 Å². The minimum Gasteiger partial charge on any atom is -0.492 e. The number of hydrogen-bond donors (Lipinski definition) is 2. The van der Waals surface area contributed by atoms with Gasteiger partial charge in [0.05, 0.1) is 6.04 Å². The zero-order chi connectivity index (χ0) is 18.2. The van der Waals surface area contributed by atoms with Gasteiger partial charge in [0.25, 0.3) is 0 Å². The first-order valence-electron chi connectivity index (χ1n) is 9.77. The molecule has 2 heterocycles. The first kappa shape index (κ1) is 25.0. The van der Waals surface area contributed by atoms with Gasteiger partial charge in [-0.3, -0.25) is 9.69 Å². The molecule has 0 aliphatic carbocycles. The van der Waals surface area contributed by atoms with Gasteiger partial charge in [-0.1, -0.05) is 12.1 Å². The van der Waals surface area contributed by atoms with Crippen molar-refractivity contribution in [3.05, 3.63) is 29.8 Å². The third-order valence-corrected chi connectivity index (χ3v) is 5.34. The molecule has 1 atom stereocenters. The smallest absolute Gasteiger partial charge is 0.237 e. The maximum absolute atomic E-state index is 12.2. The summed E-state index contributed by atoms with van der Waals surface area (Å²) in [5.41, 5.74) is 7.14. The first-order chi connectivity index (χ1) is 12.7. The van der Waals surface area contributed by atoms with Crippen LogP contribution in [0.3, 0.4) is 0 Å². The first-order valence-corrected chi connectivity index (χ1v) is 9.77. The molecule has 2 fully saturated rings. The molecule has 0 spiro atoms. The van der Waals surface area contributed by atoms with Crippen LogP contribution in [0.25, 0.3) is 0 Å². The highest BCUT2D eigenvalue weighted by Crippen LogP contribution is 2.18. The number of hydrogen-bond acceptors (Lipinski definition) is 5. The van der Waals surface area contributed by atoms with E-state index in [9.17, 15) is 4.79 Å². The lowest BCUT2D eigenvalue weighted by Crippen LogP contribution is -2.46. The van der Waals surface area contributed by atoms with Crippen molar-refractivity contribution in [1.82, 2.24) is 10.2 Å². The van der Waals surface area contributed by atoms with E-state index in [0.717, 1.165) is 37.3 Å². The molecule has 0 radical (unpaired) electrons. The number of halogens is 2. The predicted molar refractivity (Wildman–Crippen MR) is 115 cm³/mol. The summed E-state index contributed by atoms with van der Waals surface area (Å²) >= 11 is 0. The van der Waals surface area contributed by atoms with E-state index in [1.165, 1.54) is 25.9 Å². The second-order valence-corrected chi connectivity index (χ2v) is 7.23. The summed E-state index contributed by atoms with van der Waals surface area (Å²) in [5, 5.41) is 2.94. The van der Waals surface area contributed by atoms with E-state index in [1.54, 1.807) is 0 Å². The lowest BCUT2D eigenvalue weighted by atomic mass is 9.92. The highest BCUT2D eigenvalue weighted by molar-refractivity contribution is 5.85. The molecule has 160 valence electrons. The standard InChI is InChI=1S/C20H31N3O3.2ClH/c21-19(17-7-12-25-13-8-17)20(24)22-15-16-3-5-18(6-4-16)26-14-11-23-9-1-2-10-23;;/h3-6,17,19H,1-2,7-15,21H2,(H,22,24);2*1H. The van der Waals surface area contributed by atoms with Crippen LogP contribution in [-0.4, -0.2) is 56.3 Å². The Bertz CT molecular complexity index is 562. The Morgan fingerprint density at radius 1 is 1.18 bits per heavy atom. The van der Waals surface area contributed by atoms with Crippen LogP contribution >= 0.6 is 24.8 Å². The maximum Gasteiger partial charge on any atom is 0.237 e. The van der Waals surface area contributed by atoms with Crippen molar-refractivity contribution in [2.24, 2.45) is 11.7 Å². The van der Waals surface area contributed by atoms with Crippen molar-refractivity contribution >= 4 is 30.7 Å². The number of likely N-dealkylation sites (tertiary alicyclic amines) is 1. The Labute approximate surface area is 180 Å². The third kappa shape index (κ3) is 7.76. The average Bonchev–Trinajstić information content (AvgIpc) is 3.21. The number of amides is 1. The van der Waals surface area contributed by atoms with Gasteiger partial charge in [0, 0.05) is 26.3 Å². The molecule has 0 aromatic heterocycles. The molecule has 1 amide bonds. The summed E-state index contributed by atoms with van der Waals surface area (Å²) in [5.74, 6) is 1.01. The number of ether oxygens (including phenoxy) is 2. The number of nitrogens with two attached hydrogens (primary N) is 1. The van der Waals surface area contributed by atoms with Gasteiger partial charge in [-0.25, -0.2) is 0 Å².